The summed E-state index contributed by atoms with van der Waals surface area (Å²) in [5, 5.41) is 0.883. The molecule has 1 nitrogen and oxygen atoms in total. The largest absolute Gasteiger partial charge is 0.344 e. The van der Waals surface area contributed by atoms with E-state index >= 15 is 0 Å². The van der Waals surface area contributed by atoms with Gasteiger partial charge in [-0.15, -0.1) is 0 Å². The summed E-state index contributed by atoms with van der Waals surface area (Å²) in [6.07, 6.45) is 0. The summed E-state index contributed by atoms with van der Waals surface area (Å²) in [5.41, 5.74) is 1.49. The van der Waals surface area contributed by atoms with Gasteiger partial charge in [-0.05, 0) is 18.6 Å². The predicted octanol–water partition coefficient (Wildman–Crippen LogP) is 3.34. The molecule has 2 rings (SSSR count). The first-order valence-corrected chi connectivity index (χ1v) is 4.38. The molecule has 0 aliphatic carbocycles. The summed E-state index contributed by atoms with van der Waals surface area (Å²) in [4.78, 5) is 2.84. The molecule has 0 amide bonds. The molecule has 0 saturated carbocycles. The number of H-pyrrole nitrogens is 1. The van der Waals surface area contributed by atoms with E-state index in [2.05, 4.69) is 4.98 Å². The number of benzene rings is 1. The number of aromatic amines is 1. The third-order valence-corrected chi connectivity index (χ3v) is 2.39. The van der Waals surface area contributed by atoms with Gasteiger partial charge in [0.25, 0.3) is 0 Å². The van der Waals surface area contributed by atoms with E-state index in [4.69, 9.17) is 12.2 Å². The van der Waals surface area contributed by atoms with Crippen LogP contribution in [-0.4, -0.2) is 4.98 Å². The predicted molar refractivity (Wildman–Crippen MR) is 53.8 cm³/mol. The maximum Gasteiger partial charge on any atom is 0.161 e. The molecule has 0 saturated heterocycles. The number of aryl methyl sites for hydroxylation is 1. The number of nitrogens with one attached hydrogen (secondary N) is 1. The Balaban J connectivity index is 3.02. The maximum atomic E-state index is 13.3. The number of rotatable bonds is 0. The minimum Gasteiger partial charge on any atom is -0.344 e. The molecule has 0 atom stereocenters. The molecule has 0 bridgehead atoms. The SMILES string of the molecule is Cc1c(F)c(=S)[nH]c2ccccc12. The van der Waals surface area contributed by atoms with E-state index < -0.39 is 0 Å². The molecule has 13 heavy (non-hydrogen) atoms. The monoisotopic (exact) mass is 193 g/mol. The van der Waals surface area contributed by atoms with Crippen LogP contribution in [0.2, 0.25) is 0 Å². The van der Waals surface area contributed by atoms with Gasteiger partial charge in [0, 0.05) is 10.9 Å². The van der Waals surface area contributed by atoms with E-state index in [9.17, 15) is 4.39 Å². The maximum absolute atomic E-state index is 13.3. The molecule has 3 heteroatoms. The van der Waals surface area contributed by atoms with Gasteiger partial charge in [-0.2, -0.15) is 0 Å². The number of aromatic nitrogens is 1. The summed E-state index contributed by atoms with van der Waals surface area (Å²) in [7, 11) is 0. The fourth-order valence-corrected chi connectivity index (χ4v) is 1.65. The summed E-state index contributed by atoms with van der Waals surface area (Å²) in [6.45, 7) is 1.74. The van der Waals surface area contributed by atoms with Gasteiger partial charge in [0.05, 0.1) is 0 Å². The molecule has 1 N–H and O–H groups in total. The van der Waals surface area contributed by atoms with Gasteiger partial charge < -0.3 is 4.98 Å². The minimum absolute atomic E-state index is 0.177. The fraction of sp³-hybridized carbons (Fsp3) is 0.100. The Morgan fingerprint density at radius 2 is 2.00 bits per heavy atom. The molecule has 66 valence electrons. The zero-order valence-corrected chi connectivity index (χ0v) is 7.91. The number of pyridine rings is 1. The summed E-state index contributed by atoms with van der Waals surface area (Å²) in [6, 6.07) is 7.53. The molecule has 1 heterocycles. The fourth-order valence-electron chi connectivity index (χ4n) is 1.38. The average Bonchev–Trinajstić information content (AvgIpc) is 2.15. The van der Waals surface area contributed by atoms with Crippen LogP contribution in [0.5, 0.6) is 0 Å². The van der Waals surface area contributed by atoms with Gasteiger partial charge in [-0.1, -0.05) is 30.4 Å². The number of hydrogen-bond donors (Lipinski definition) is 1. The van der Waals surface area contributed by atoms with Gasteiger partial charge in [-0.25, -0.2) is 4.39 Å². The van der Waals surface area contributed by atoms with E-state index in [0.29, 0.717) is 5.56 Å². The first-order valence-electron chi connectivity index (χ1n) is 3.97. The second-order valence-electron chi connectivity index (χ2n) is 2.94. The number of fused-ring (bicyclic) bond motifs is 1. The highest BCUT2D eigenvalue weighted by molar-refractivity contribution is 7.71. The molecule has 0 unspecified atom stereocenters. The van der Waals surface area contributed by atoms with Crippen LogP contribution in [0, 0.1) is 17.4 Å². The Bertz CT molecular complexity index is 516. The van der Waals surface area contributed by atoms with Crippen molar-refractivity contribution in [2.45, 2.75) is 6.92 Å². The van der Waals surface area contributed by atoms with E-state index in [0.717, 1.165) is 10.9 Å². The Morgan fingerprint density at radius 3 is 2.77 bits per heavy atom. The molecule has 2 aromatic rings. The van der Waals surface area contributed by atoms with Crippen molar-refractivity contribution in [3.63, 3.8) is 0 Å². The van der Waals surface area contributed by atoms with Gasteiger partial charge in [-0.3, -0.25) is 0 Å². The van der Waals surface area contributed by atoms with E-state index in [1.54, 1.807) is 6.92 Å². The highest BCUT2D eigenvalue weighted by atomic mass is 32.1. The number of hydrogen-bond acceptors (Lipinski definition) is 1. The van der Waals surface area contributed by atoms with Crippen LogP contribution in [0.1, 0.15) is 5.56 Å². The van der Waals surface area contributed by atoms with Gasteiger partial charge >= 0.3 is 0 Å². The first kappa shape index (κ1) is 8.38. The average molecular weight is 193 g/mol. The van der Waals surface area contributed by atoms with Crippen LogP contribution in [0.15, 0.2) is 24.3 Å². The third-order valence-electron chi connectivity index (χ3n) is 2.11. The van der Waals surface area contributed by atoms with Crippen molar-refractivity contribution < 1.29 is 4.39 Å². The lowest BCUT2D eigenvalue weighted by atomic mass is 10.1. The van der Waals surface area contributed by atoms with Crippen molar-refractivity contribution >= 4 is 23.1 Å². The van der Waals surface area contributed by atoms with Crippen molar-refractivity contribution in [2.75, 3.05) is 0 Å². The third kappa shape index (κ3) is 1.25. The first-order chi connectivity index (χ1) is 6.20. The standard InChI is InChI=1S/C10H8FNS/c1-6-7-4-2-3-5-8(7)12-10(13)9(6)11/h2-5H,1H3,(H,12,13). The smallest absolute Gasteiger partial charge is 0.161 e. The zero-order valence-electron chi connectivity index (χ0n) is 7.10. The molecule has 0 aliphatic rings. The second kappa shape index (κ2) is 2.92. The Kier molecular flexibility index (Phi) is 1.88. The lowest BCUT2D eigenvalue weighted by molar-refractivity contribution is 0.611. The Labute approximate surface area is 80.2 Å². The highest BCUT2D eigenvalue weighted by Gasteiger charge is 2.04. The van der Waals surface area contributed by atoms with Crippen LogP contribution in [0.4, 0.5) is 4.39 Å². The zero-order chi connectivity index (χ0) is 9.42. The molecule has 0 radical (unpaired) electrons. The van der Waals surface area contributed by atoms with Crippen molar-refractivity contribution in [3.05, 3.63) is 40.3 Å². The van der Waals surface area contributed by atoms with Crippen molar-refractivity contribution in [1.82, 2.24) is 4.98 Å². The Hall–Kier alpha value is -1.22. The van der Waals surface area contributed by atoms with Crippen LogP contribution in [-0.2, 0) is 0 Å². The molecule has 0 aliphatic heterocycles. The molecular weight excluding hydrogens is 185 g/mol. The van der Waals surface area contributed by atoms with Crippen molar-refractivity contribution in [3.8, 4) is 0 Å². The van der Waals surface area contributed by atoms with E-state index in [1.165, 1.54) is 0 Å². The number of halogens is 1. The number of para-hydroxylation sites is 1. The second-order valence-corrected chi connectivity index (χ2v) is 3.35. The van der Waals surface area contributed by atoms with Crippen LogP contribution < -0.4 is 0 Å². The van der Waals surface area contributed by atoms with Crippen LogP contribution in [0.25, 0.3) is 10.9 Å². The lowest BCUT2D eigenvalue weighted by Crippen LogP contribution is -1.90. The lowest BCUT2D eigenvalue weighted by Gasteiger charge is -2.02. The van der Waals surface area contributed by atoms with E-state index in [1.807, 2.05) is 24.3 Å². The van der Waals surface area contributed by atoms with Crippen molar-refractivity contribution in [1.29, 1.82) is 0 Å². The highest BCUT2D eigenvalue weighted by Crippen LogP contribution is 2.18. The quantitative estimate of drug-likeness (QED) is 0.634. The minimum atomic E-state index is -0.325. The van der Waals surface area contributed by atoms with Gasteiger partial charge in [0.1, 0.15) is 4.64 Å². The molecule has 1 aromatic heterocycles. The topological polar surface area (TPSA) is 15.8 Å². The Morgan fingerprint density at radius 1 is 1.31 bits per heavy atom. The van der Waals surface area contributed by atoms with Gasteiger partial charge in [0.15, 0.2) is 5.82 Å². The molecule has 0 spiro atoms. The molecule has 1 aromatic carbocycles. The van der Waals surface area contributed by atoms with Gasteiger partial charge in [0.2, 0.25) is 0 Å². The van der Waals surface area contributed by atoms with Crippen LogP contribution in [0.3, 0.4) is 0 Å². The van der Waals surface area contributed by atoms with E-state index in [-0.39, 0.29) is 10.5 Å². The summed E-state index contributed by atoms with van der Waals surface area (Å²) >= 11 is 4.84. The molecule has 0 fully saturated rings. The normalized spacial score (nSPS) is 10.6. The van der Waals surface area contributed by atoms with Crippen LogP contribution >= 0.6 is 12.2 Å². The summed E-state index contributed by atoms with van der Waals surface area (Å²) in [5.74, 6) is -0.325. The summed E-state index contributed by atoms with van der Waals surface area (Å²) < 4.78 is 13.5. The van der Waals surface area contributed by atoms with Crippen molar-refractivity contribution in [2.24, 2.45) is 0 Å². The molecular formula is C10H8FNS.